The maximum Gasteiger partial charge on any atom is 0.223 e. The number of halogens is 1. The second-order valence-corrected chi connectivity index (χ2v) is 6.60. The summed E-state index contributed by atoms with van der Waals surface area (Å²) < 4.78 is 18.7. The lowest BCUT2D eigenvalue weighted by Crippen LogP contribution is -2.46. The zero-order valence-electron chi connectivity index (χ0n) is 13.4. The third-order valence-corrected chi connectivity index (χ3v) is 5.15. The number of carbonyl (C=O) groups excluding carboxylic acids is 1. The second-order valence-electron chi connectivity index (χ2n) is 6.60. The van der Waals surface area contributed by atoms with Crippen molar-refractivity contribution in [2.75, 3.05) is 19.8 Å². The summed E-state index contributed by atoms with van der Waals surface area (Å²) in [7, 11) is 0. The van der Waals surface area contributed by atoms with Crippen LogP contribution in [0, 0.1) is 11.7 Å². The number of allylic oxidation sites excluding steroid dienone is 2. The number of hydrogen-bond acceptors (Lipinski definition) is 2. The molecule has 0 radical (unpaired) electrons. The number of rotatable bonds is 4. The quantitative estimate of drug-likeness (QED) is 0.865. The van der Waals surface area contributed by atoms with Crippen molar-refractivity contribution in [2.24, 2.45) is 5.92 Å². The number of amides is 1. The van der Waals surface area contributed by atoms with Crippen LogP contribution in [0.1, 0.15) is 37.7 Å². The van der Waals surface area contributed by atoms with E-state index in [4.69, 9.17) is 4.74 Å². The summed E-state index contributed by atoms with van der Waals surface area (Å²) in [6.45, 7) is 1.96. The molecular weight excluding hydrogens is 293 g/mol. The molecule has 1 aromatic rings. The highest BCUT2D eigenvalue weighted by atomic mass is 19.1. The number of carbonyl (C=O) groups is 1. The van der Waals surface area contributed by atoms with Crippen molar-refractivity contribution in [1.82, 2.24) is 5.32 Å². The minimum absolute atomic E-state index is 0.0881. The van der Waals surface area contributed by atoms with E-state index in [1.807, 2.05) is 12.1 Å². The van der Waals surface area contributed by atoms with Crippen molar-refractivity contribution in [2.45, 2.75) is 37.5 Å². The molecule has 23 heavy (non-hydrogen) atoms. The van der Waals surface area contributed by atoms with Gasteiger partial charge in [0.2, 0.25) is 5.91 Å². The first kappa shape index (κ1) is 16.2. The monoisotopic (exact) mass is 317 g/mol. The summed E-state index contributed by atoms with van der Waals surface area (Å²) in [6, 6.07) is 6.69. The fourth-order valence-electron chi connectivity index (χ4n) is 3.57. The van der Waals surface area contributed by atoms with E-state index in [1.165, 1.54) is 12.1 Å². The van der Waals surface area contributed by atoms with Crippen molar-refractivity contribution in [3.63, 3.8) is 0 Å². The molecule has 1 N–H and O–H groups in total. The fourth-order valence-corrected chi connectivity index (χ4v) is 3.57. The average molecular weight is 317 g/mol. The molecule has 0 aromatic heterocycles. The van der Waals surface area contributed by atoms with Crippen molar-refractivity contribution >= 4 is 5.91 Å². The van der Waals surface area contributed by atoms with Gasteiger partial charge in [-0.1, -0.05) is 24.3 Å². The van der Waals surface area contributed by atoms with Gasteiger partial charge in [-0.3, -0.25) is 4.79 Å². The molecule has 1 aliphatic carbocycles. The van der Waals surface area contributed by atoms with E-state index in [0.29, 0.717) is 19.8 Å². The van der Waals surface area contributed by atoms with Crippen molar-refractivity contribution in [1.29, 1.82) is 0 Å². The molecule has 124 valence electrons. The van der Waals surface area contributed by atoms with Gasteiger partial charge in [0.25, 0.3) is 0 Å². The lowest BCUT2D eigenvalue weighted by atomic mass is 9.74. The van der Waals surface area contributed by atoms with Gasteiger partial charge in [-0.15, -0.1) is 0 Å². The van der Waals surface area contributed by atoms with E-state index in [9.17, 15) is 9.18 Å². The molecule has 0 bridgehead atoms. The largest absolute Gasteiger partial charge is 0.381 e. The SMILES string of the molecule is O=C(NCC1(c2ccc(F)cc2)CCOCC1)C1CC=CCC1. The predicted molar refractivity (Wildman–Crippen MR) is 87.6 cm³/mol. The number of hydrogen-bond donors (Lipinski definition) is 1. The molecular formula is C19H24FNO2. The summed E-state index contributed by atoms with van der Waals surface area (Å²) in [4.78, 5) is 12.4. The van der Waals surface area contributed by atoms with Crippen LogP contribution in [0.25, 0.3) is 0 Å². The van der Waals surface area contributed by atoms with Crippen LogP contribution in [-0.2, 0) is 14.9 Å². The van der Waals surface area contributed by atoms with E-state index < -0.39 is 0 Å². The Kier molecular flexibility index (Phi) is 5.11. The number of ether oxygens (including phenoxy) is 1. The average Bonchev–Trinajstić information content (AvgIpc) is 2.62. The molecule has 1 unspecified atom stereocenters. The Balaban J connectivity index is 1.70. The Hall–Kier alpha value is -1.68. The zero-order valence-corrected chi connectivity index (χ0v) is 13.4. The normalized spacial score (nSPS) is 23.4. The first-order valence-electron chi connectivity index (χ1n) is 8.46. The van der Waals surface area contributed by atoms with Crippen LogP contribution in [0.4, 0.5) is 4.39 Å². The highest BCUT2D eigenvalue weighted by molar-refractivity contribution is 5.79. The van der Waals surface area contributed by atoms with Gasteiger partial charge in [0.1, 0.15) is 5.82 Å². The molecule has 1 atom stereocenters. The molecule has 1 fully saturated rings. The standard InChI is InChI=1S/C19H24FNO2/c20-17-8-6-16(7-9-17)19(10-12-23-13-11-19)14-21-18(22)15-4-2-1-3-5-15/h1-2,6-9,15H,3-5,10-14H2,(H,21,22). The van der Waals surface area contributed by atoms with Gasteiger partial charge in [-0.2, -0.15) is 0 Å². The topological polar surface area (TPSA) is 38.3 Å². The van der Waals surface area contributed by atoms with Crippen LogP contribution in [0.3, 0.4) is 0 Å². The Bertz CT molecular complexity index is 561. The molecule has 4 heteroatoms. The molecule has 1 aromatic carbocycles. The van der Waals surface area contributed by atoms with E-state index >= 15 is 0 Å². The first-order valence-corrected chi connectivity index (χ1v) is 8.46. The molecule has 3 rings (SSSR count). The molecule has 2 aliphatic rings. The summed E-state index contributed by atoms with van der Waals surface area (Å²) in [5.74, 6) is 0.00132. The number of nitrogens with one attached hydrogen (secondary N) is 1. The van der Waals surface area contributed by atoms with Crippen LogP contribution in [0.2, 0.25) is 0 Å². The van der Waals surface area contributed by atoms with Crippen LogP contribution in [0.15, 0.2) is 36.4 Å². The first-order chi connectivity index (χ1) is 11.2. The number of benzene rings is 1. The summed E-state index contributed by atoms with van der Waals surface area (Å²) >= 11 is 0. The zero-order chi connectivity index (χ0) is 16.1. The molecule has 3 nitrogen and oxygen atoms in total. The Labute approximate surface area is 136 Å². The summed E-state index contributed by atoms with van der Waals surface area (Å²) in [5.41, 5.74) is 0.942. The predicted octanol–water partition coefficient (Wildman–Crippen LogP) is 3.35. The van der Waals surface area contributed by atoms with Crippen LogP contribution in [0.5, 0.6) is 0 Å². The lowest BCUT2D eigenvalue weighted by Gasteiger charge is -2.38. The van der Waals surface area contributed by atoms with E-state index in [1.54, 1.807) is 0 Å². The van der Waals surface area contributed by atoms with Gasteiger partial charge in [0.05, 0.1) is 0 Å². The van der Waals surface area contributed by atoms with E-state index in [0.717, 1.165) is 37.7 Å². The minimum Gasteiger partial charge on any atom is -0.381 e. The maximum atomic E-state index is 13.2. The smallest absolute Gasteiger partial charge is 0.223 e. The van der Waals surface area contributed by atoms with Gasteiger partial charge in [-0.05, 0) is 49.8 Å². The molecule has 1 saturated heterocycles. The van der Waals surface area contributed by atoms with E-state index in [-0.39, 0.29) is 23.1 Å². The molecule has 1 aliphatic heterocycles. The third kappa shape index (κ3) is 3.81. The Morgan fingerprint density at radius 3 is 2.61 bits per heavy atom. The van der Waals surface area contributed by atoms with Crippen LogP contribution in [-0.4, -0.2) is 25.7 Å². The summed E-state index contributed by atoms with van der Waals surface area (Å²) in [5, 5.41) is 3.15. The third-order valence-electron chi connectivity index (χ3n) is 5.15. The second kappa shape index (κ2) is 7.26. The van der Waals surface area contributed by atoms with Crippen LogP contribution < -0.4 is 5.32 Å². The van der Waals surface area contributed by atoms with Crippen LogP contribution >= 0.6 is 0 Å². The Morgan fingerprint density at radius 1 is 1.22 bits per heavy atom. The minimum atomic E-state index is -0.228. The molecule has 0 spiro atoms. The van der Waals surface area contributed by atoms with Gasteiger partial charge >= 0.3 is 0 Å². The maximum absolute atomic E-state index is 13.2. The highest BCUT2D eigenvalue weighted by Gasteiger charge is 2.35. The highest BCUT2D eigenvalue weighted by Crippen LogP contribution is 2.34. The molecule has 0 saturated carbocycles. The van der Waals surface area contributed by atoms with Gasteiger partial charge in [0, 0.05) is 31.1 Å². The van der Waals surface area contributed by atoms with Gasteiger partial charge < -0.3 is 10.1 Å². The molecule has 1 heterocycles. The van der Waals surface area contributed by atoms with Gasteiger partial charge in [-0.25, -0.2) is 4.39 Å². The fraction of sp³-hybridized carbons (Fsp3) is 0.526. The lowest BCUT2D eigenvalue weighted by molar-refractivity contribution is -0.125. The van der Waals surface area contributed by atoms with Crippen molar-refractivity contribution in [3.05, 3.63) is 47.8 Å². The van der Waals surface area contributed by atoms with Crippen molar-refractivity contribution < 1.29 is 13.9 Å². The summed E-state index contributed by atoms with van der Waals surface area (Å²) in [6.07, 6.45) is 8.68. The molecule has 1 amide bonds. The van der Waals surface area contributed by atoms with Crippen molar-refractivity contribution in [3.8, 4) is 0 Å². The Morgan fingerprint density at radius 2 is 1.96 bits per heavy atom. The van der Waals surface area contributed by atoms with Gasteiger partial charge in [0.15, 0.2) is 0 Å². The van der Waals surface area contributed by atoms with E-state index in [2.05, 4.69) is 17.5 Å².